The van der Waals surface area contributed by atoms with E-state index in [2.05, 4.69) is 37.3 Å². The summed E-state index contributed by atoms with van der Waals surface area (Å²) in [6.07, 6.45) is 3.27. The number of carbonyl (C=O) groups is 1. The number of rotatable bonds is 5. The molecule has 0 bridgehead atoms. The highest BCUT2D eigenvalue weighted by molar-refractivity contribution is 5.86. The van der Waals surface area contributed by atoms with E-state index in [-0.39, 0.29) is 11.7 Å². The van der Waals surface area contributed by atoms with E-state index in [0.29, 0.717) is 17.8 Å². The first-order valence-corrected chi connectivity index (χ1v) is 6.61. The molecule has 4 heteroatoms. The Labute approximate surface area is 109 Å². The summed E-state index contributed by atoms with van der Waals surface area (Å²) in [5.74, 6) is 0.998. The molecule has 0 radical (unpaired) electrons. The molecule has 0 N–H and O–H groups in total. The molecule has 0 heterocycles. The van der Waals surface area contributed by atoms with Crippen LogP contribution in [0.1, 0.15) is 47.0 Å². The lowest BCUT2D eigenvalue weighted by atomic mass is 9.75. The second-order valence-electron chi connectivity index (χ2n) is 5.68. The van der Waals surface area contributed by atoms with Crippen molar-refractivity contribution >= 4 is 5.97 Å². The predicted molar refractivity (Wildman–Crippen MR) is 68.2 cm³/mol. The van der Waals surface area contributed by atoms with Crippen molar-refractivity contribution in [3.63, 3.8) is 0 Å². The molecule has 3 unspecified atom stereocenters. The molecule has 18 heavy (non-hydrogen) atoms. The van der Waals surface area contributed by atoms with Gasteiger partial charge in [-0.05, 0) is 42.6 Å². The number of hydrogen-bond donors (Lipinski definition) is 0. The van der Waals surface area contributed by atoms with Crippen LogP contribution in [0.4, 0.5) is 0 Å². The van der Waals surface area contributed by atoms with Crippen molar-refractivity contribution in [1.82, 2.24) is 0 Å². The first-order chi connectivity index (χ1) is 8.41. The van der Waals surface area contributed by atoms with Crippen molar-refractivity contribution in [2.75, 3.05) is 0 Å². The van der Waals surface area contributed by atoms with Gasteiger partial charge in [0.1, 0.15) is 6.10 Å². The SMILES string of the molecule is C=C(C)C(=O)OOOC1CC(C)CCC1C(C)C. The molecule has 4 nitrogen and oxygen atoms in total. The maximum absolute atomic E-state index is 11.1. The van der Waals surface area contributed by atoms with Gasteiger partial charge in [-0.1, -0.05) is 33.8 Å². The molecule has 1 fully saturated rings. The van der Waals surface area contributed by atoms with Crippen molar-refractivity contribution < 1.29 is 19.6 Å². The first-order valence-electron chi connectivity index (χ1n) is 6.61. The molecule has 0 spiro atoms. The summed E-state index contributed by atoms with van der Waals surface area (Å²) in [5.41, 5.74) is 0.288. The third-order valence-corrected chi connectivity index (χ3v) is 3.58. The Balaban J connectivity index is 2.41. The Morgan fingerprint density at radius 2 is 2.00 bits per heavy atom. The van der Waals surface area contributed by atoms with Gasteiger partial charge >= 0.3 is 5.97 Å². The zero-order valence-electron chi connectivity index (χ0n) is 11.8. The summed E-state index contributed by atoms with van der Waals surface area (Å²) in [5, 5.41) is 4.61. The summed E-state index contributed by atoms with van der Waals surface area (Å²) < 4.78 is 0. The van der Waals surface area contributed by atoms with Crippen LogP contribution in [0, 0.1) is 17.8 Å². The van der Waals surface area contributed by atoms with Crippen LogP contribution in [0.5, 0.6) is 0 Å². The molecule has 0 amide bonds. The van der Waals surface area contributed by atoms with Crippen molar-refractivity contribution in [2.24, 2.45) is 17.8 Å². The van der Waals surface area contributed by atoms with Gasteiger partial charge in [0.25, 0.3) is 0 Å². The van der Waals surface area contributed by atoms with Gasteiger partial charge in [0, 0.05) is 5.57 Å². The van der Waals surface area contributed by atoms with E-state index in [0.717, 1.165) is 12.8 Å². The van der Waals surface area contributed by atoms with Crippen molar-refractivity contribution in [1.29, 1.82) is 0 Å². The molecule has 1 saturated carbocycles. The molecule has 0 aliphatic heterocycles. The standard InChI is InChI=1S/C14H24O4/c1-9(2)12-7-6-11(5)8-13(12)16-18-17-14(15)10(3)4/h9,11-13H,3,6-8H2,1-2,4-5H3. The molecular weight excluding hydrogens is 232 g/mol. The van der Waals surface area contributed by atoms with Crippen LogP contribution in [-0.4, -0.2) is 12.1 Å². The summed E-state index contributed by atoms with van der Waals surface area (Å²) in [7, 11) is 0. The molecule has 104 valence electrons. The molecule has 3 atom stereocenters. The second kappa shape index (κ2) is 6.90. The van der Waals surface area contributed by atoms with Crippen LogP contribution in [0.15, 0.2) is 12.2 Å². The van der Waals surface area contributed by atoms with E-state index in [1.807, 2.05) is 0 Å². The van der Waals surface area contributed by atoms with Gasteiger partial charge in [-0.2, -0.15) is 4.89 Å². The monoisotopic (exact) mass is 256 g/mol. The van der Waals surface area contributed by atoms with Crippen LogP contribution >= 0.6 is 0 Å². The van der Waals surface area contributed by atoms with Crippen molar-refractivity contribution in [3.8, 4) is 0 Å². The third-order valence-electron chi connectivity index (χ3n) is 3.58. The van der Waals surface area contributed by atoms with Gasteiger partial charge in [0.2, 0.25) is 0 Å². The zero-order chi connectivity index (χ0) is 13.7. The van der Waals surface area contributed by atoms with Crippen LogP contribution in [-0.2, 0) is 19.6 Å². The lowest BCUT2D eigenvalue weighted by Crippen LogP contribution is -2.34. The fraction of sp³-hybridized carbons (Fsp3) is 0.786. The number of hydrogen-bond acceptors (Lipinski definition) is 4. The Bertz CT molecular complexity index is 298. The van der Waals surface area contributed by atoms with Gasteiger partial charge in [-0.3, -0.25) is 4.89 Å². The fourth-order valence-corrected chi connectivity index (χ4v) is 2.40. The molecule has 0 aromatic carbocycles. The topological polar surface area (TPSA) is 44.8 Å². The lowest BCUT2D eigenvalue weighted by Gasteiger charge is -2.35. The average molecular weight is 256 g/mol. The predicted octanol–water partition coefficient (Wildman–Crippen LogP) is 3.43. The Hall–Kier alpha value is -0.870. The number of carbonyl (C=O) groups excluding carboxylic acids is 1. The van der Waals surface area contributed by atoms with Crippen LogP contribution in [0.25, 0.3) is 0 Å². The smallest absolute Gasteiger partial charge is 0.264 e. The van der Waals surface area contributed by atoms with Gasteiger partial charge in [0.05, 0.1) is 0 Å². The summed E-state index contributed by atoms with van der Waals surface area (Å²) in [6, 6.07) is 0. The minimum Gasteiger partial charge on any atom is -0.264 e. The lowest BCUT2D eigenvalue weighted by molar-refractivity contribution is -0.507. The molecular formula is C14H24O4. The molecule has 1 aliphatic rings. The normalized spacial score (nSPS) is 28.2. The summed E-state index contributed by atoms with van der Waals surface area (Å²) in [6.45, 7) is 11.6. The van der Waals surface area contributed by atoms with Gasteiger partial charge in [-0.25, -0.2) is 4.79 Å². The highest BCUT2D eigenvalue weighted by Crippen LogP contribution is 2.35. The Morgan fingerprint density at radius 1 is 1.33 bits per heavy atom. The van der Waals surface area contributed by atoms with Crippen LogP contribution in [0.2, 0.25) is 0 Å². The minimum absolute atomic E-state index is 0.00771. The fourth-order valence-electron chi connectivity index (χ4n) is 2.40. The third kappa shape index (κ3) is 4.42. The van der Waals surface area contributed by atoms with Gasteiger partial charge < -0.3 is 0 Å². The Morgan fingerprint density at radius 3 is 2.56 bits per heavy atom. The van der Waals surface area contributed by atoms with E-state index in [4.69, 9.17) is 4.89 Å². The van der Waals surface area contributed by atoms with Gasteiger partial charge in [0.15, 0.2) is 0 Å². The van der Waals surface area contributed by atoms with Crippen molar-refractivity contribution in [3.05, 3.63) is 12.2 Å². The summed E-state index contributed by atoms with van der Waals surface area (Å²) >= 11 is 0. The average Bonchev–Trinajstić information content (AvgIpc) is 2.28. The minimum atomic E-state index is -0.597. The zero-order valence-corrected chi connectivity index (χ0v) is 11.8. The van der Waals surface area contributed by atoms with E-state index in [1.54, 1.807) is 6.92 Å². The molecule has 0 aromatic rings. The van der Waals surface area contributed by atoms with E-state index in [1.165, 1.54) is 6.42 Å². The molecule has 0 aromatic heterocycles. The highest BCUT2D eigenvalue weighted by Gasteiger charge is 2.32. The first kappa shape index (κ1) is 15.2. The van der Waals surface area contributed by atoms with E-state index < -0.39 is 5.97 Å². The second-order valence-corrected chi connectivity index (χ2v) is 5.68. The molecule has 1 rings (SSSR count). The van der Waals surface area contributed by atoms with E-state index in [9.17, 15) is 4.79 Å². The van der Waals surface area contributed by atoms with Crippen molar-refractivity contribution in [2.45, 2.75) is 53.1 Å². The summed E-state index contributed by atoms with van der Waals surface area (Å²) in [4.78, 5) is 20.9. The molecule has 0 saturated heterocycles. The maximum Gasteiger partial charge on any atom is 0.371 e. The van der Waals surface area contributed by atoms with Gasteiger partial charge in [-0.15, -0.1) is 0 Å². The quantitative estimate of drug-likeness (QED) is 0.429. The highest BCUT2D eigenvalue weighted by atomic mass is 17.5. The largest absolute Gasteiger partial charge is 0.371 e. The van der Waals surface area contributed by atoms with Crippen LogP contribution < -0.4 is 0 Å². The van der Waals surface area contributed by atoms with E-state index >= 15 is 0 Å². The molecule has 1 aliphatic carbocycles. The Kier molecular flexibility index (Phi) is 5.82. The maximum atomic E-state index is 11.1. The van der Waals surface area contributed by atoms with Crippen LogP contribution in [0.3, 0.4) is 0 Å².